The minimum Gasteiger partial charge on any atom is -0.497 e. The van der Waals surface area contributed by atoms with Crippen LogP contribution >= 0.6 is 15.9 Å². The number of hydrogen-bond acceptors (Lipinski definition) is 6. The van der Waals surface area contributed by atoms with E-state index in [2.05, 4.69) is 31.2 Å². The van der Waals surface area contributed by atoms with E-state index < -0.39 is 0 Å². The molecule has 7 heteroatoms. The van der Waals surface area contributed by atoms with E-state index >= 15 is 0 Å². The second kappa shape index (κ2) is 6.42. The SMILES string of the molecule is CCNc1cc(Oc2ccc(OC)cc2Br)nc(N)n1. The second-order valence-corrected chi connectivity index (χ2v) is 4.73. The molecule has 0 saturated carbocycles. The Bertz CT molecular complexity index is 607. The molecule has 2 rings (SSSR count). The van der Waals surface area contributed by atoms with Crippen molar-refractivity contribution in [2.24, 2.45) is 0 Å². The van der Waals surface area contributed by atoms with Crippen LogP contribution in [0.5, 0.6) is 17.4 Å². The number of nitrogen functional groups attached to an aromatic ring is 1. The molecule has 20 heavy (non-hydrogen) atoms. The van der Waals surface area contributed by atoms with Crippen LogP contribution in [-0.4, -0.2) is 23.6 Å². The number of halogens is 1. The highest BCUT2D eigenvalue weighted by atomic mass is 79.9. The first-order valence-corrected chi connectivity index (χ1v) is 6.81. The lowest BCUT2D eigenvalue weighted by molar-refractivity contribution is 0.411. The van der Waals surface area contributed by atoms with Crippen molar-refractivity contribution in [1.29, 1.82) is 0 Å². The largest absolute Gasteiger partial charge is 0.497 e. The molecule has 0 unspecified atom stereocenters. The van der Waals surface area contributed by atoms with Gasteiger partial charge in [-0.2, -0.15) is 9.97 Å². The van der Waals surface area contributed by atoms with E-state index in [1.165, 1.54) is 0 Å². The predicted octanol–water partition coefficient (Wildman–Crippen LogP) is 3.05. The number of ether oxygens (including phenoxy) is 2. The number of hydrogen-bond donors (Lipinski definition) is 2. The number of nitrogens with two attached hydrogens (primary N) is 1. The summed E-state index contributed by atoms with van der Waals surface area (Å²) in [7, 11) is 1.61. The minimum atomic E-state index is 0.156. The molecule has 0 aliphatic rings. The lowest BCUT2D eigenvalue weighted by Crippen LogP contribution is -2.04. The smallest absolute Gasteiger partial charge is 0.226 e. The van der Waals surface area contributed by atoms with Crippen molar-refractivity contribution in [3.05, 3.63) is 28.7 Å². The number of methoxy groups -OCH3 is 1. The summed E-state index contributed by atoms with van der Waals surface area (Å²) >= 11 is 3.42. The van der Waals surface area contributed by atoms with Crippen LogP contribution in [0.2, 0.25) is 0 Å². The fraction of sp³-hybridized carbons (Fsp3) is 0.231. The van der Waals surface area contributed by atoms with Gasteiger partial charge in [0.25, 0.3) is 0 Å². The summed E-state index contributed by atoms with van der Waals surface area (Å²) in [4.78, 5) is 8.11. The van der Waals surface area contributed by atoms with E-state index in [9.17, 15) is 0 Å². The van der Waals surface area contributed by atoms with Gasteiger partial charge >= 0.3 is 0 Å². The van der Waals surface area contributed by atoms with E-state index in [4.69, 9.17) is 15.2 Å². The summed E-state index contributed by atoms with van der Waals surface area (Å²) in [5, 5.41) is 3.06. The Labute approximate surface area is 125 Å². The van der Waals surface area contributed by atoms with E-state index in [1.807, 2.05) is 13.0 Å². The van der Waals surface area contributed by atoms with Gasteiger partial charge in [0.1, 0.15) is 17.3 Å². The summed E-state index contributed by atoms with van der Waals surface area (Å²) < 4.78 is 11.6. The monoisotopic (exact) mass is 338 g/mol. The molecular weight excluding hydrogens is 324 g/mol. The average Bonchev–Trinajstić information content (AvgIpc) is 2.41. The molecule has 0 aliphatic carbocycles. The van der Waals surface area contributed by atoms with Gasteiger partial charge in [0.2, 0.25) is 11.8 Å². The molecule has 0 spiro atoms. The van der Waals surface area contributed by atoms with Crippen molar-refractivity contribution in [3.63, 3.8) is 0 Å². The zero-order valence-corrected chi connectivity index (χ0v) is 12.8. The first-order valence-electron chi connectivity index (χ1n) is 6.02. The van der Waals surface area contributed by atoms with Crippen LogP contribution in [0.3, 0.4) is 0 Å². The number of anilines is 2. The van der Waals surface area contributed by atoms with Crippen LogP contribution in [0.15, 0.2) is 28.7 Å². The van der Waals surface area contributed by atoms with Crippen LogP contribution in [0.4, 0.5) is 11.8 Å². The first-order chi connectivity index (χ1) is 9.62. The van der Waals surface area contributed by atoms with Gasteiger partial charge in [0, 0.05) is 12.6 Å². The summed E-state index contributed by atoms with van der Waals surface area (Å²) in [5.74, 6) is 2.51. The molecule has 0 atom stereocenters. The van der Waals surface area contributed by atoms with Crippen molar-refractivity contribution in [1.82, 2.24) is 9.97 Å². The zero-order chi connectivity index (χ0) is 14.5. The van der Waals surface area contributed by atoms with Gasteiger partial charge in [-0.3, -0.25) is 0 Å². The number of rotatable bonds is 5. The van der Waals surface area contributed by atoms with Gasteiger partial charge in [0.05, 0.1) is 11.6 Å². The third-order valence-electron chi connectivity index (χ3n) is 2.43. The topological polar surface area (TPSA) is 82.3 Å². The predicted molar refractivity (Wildman–Crippen MR) is 81.4 cm³/mol. The molecule has 106 valence electrons. The maximum atomic E-state index is 5.70. The van der Waals surface area contributed by atoms with Gasteiger partial charge in [-0.25, -0.2) is 0 Å². The Morgan fingerprint density at radius 1 is 1.30 bits per heavy atom. The Hall–Kier alpha value is -2.02. The highest BCUT2D eigenvalue weighted by Crippen LogP contribution is 2.32. The quantitative estimate of drug-likeness (QED) is 0.871. The normalized spacial score (nSPS) is 10.2. The van der Waals surface area contributed by atoms with Crippen LogP contribution in [0, 0.1) is 0 Å². The molecule has 6 nitrogen and oxygen atoms in total. The van der Waals surface area contributed by atoms with Crippen molar-refractivity contribution < 1.29 is 9.47 Å². The average molecular weight is 339 g/mol. The van der Waals surface area contributed by atoms with E-state index in [-0.39, 0.29) is 5.95 Å². The Morgan fingerprint density at radius 2 is 2.10 bits per heavy atom. The molecule has 0 fully saturated rings. The molecule has 2 aromatic rings. The number of nitrogens with zero attached hydrogens (tertiary/aromatic N) is 2. The van der Waals surface area contributed by atoms with Crippen molar-refractivity contribution in [2.75, 3.05) is 24.7 Å². The fourth-order valence-corrected chi connectivity index (χ4v) is 2.01. The van der Waals surface area contributed by atoms with Crippen LogP contribution in [0.1, 0.15) is 6.92 Å². The highest BCUT2D eigenvalue weighted by Gasteiger charge is 2.08. The molecule has 3 N–H and O–H groups in total. The molecule has 1 heterocycles. The number of aromatic nitrogens is 2. The van der Waals surface area contributed by atoms with Crippen LogP contribution in [-0.2, 0) is 0 Å². The van der Waals surface area contributed by atoms with E-state index in [0.717, 1.165) is 16.8 Å². The molecular formula is C13H15BrN4O2. The van der Waals surface area contributed by atoms with E-state index in [1.54, 1.807) is 25.3 Å². The summed E-state index contributed by atoms with van der Waals surface area (Å²) in [6.45, 7) is 2.71. The standard InChI is InChI=1S/C13H15BrN4O2/c1-3-16-11-7-12(18-13(15)17-11)20-10-5-4-8(19-2)6-9(10)14/h4-7H,3H2,1-2H3,(H3,15,16,17,18). The maximum Gasteiger partial charge on any atom is 0.226 e. The zero-order valence-electron chi connectivity index (χ0n) is 11.2. The Morgan fingerprint density at radius 3 is 2.75 bits per heavy atom. The summed E-state index contributed by atoms with van der Waals surface area (Å²) in [5.41, 5.74) is 5.65. The summed E-state index contributed by atoms with van der Waals surface area (Å²) in [6, 6.07) is 7.09. The lowest BCUT2D eigenvalue weighted by Gasteiger charge is -2.10. The molecule has 0 amide bonds. The van der Waals surface area contributed by atoms with Gasteiger partial charge in [-0.1, -0.05) is 0 Å². The third-order valence-corrected chi connectivity index (χ3v) is 3.05. The van der Waals surface area contributed by atoms with Crippen LogP contribution < -0.4 is 20.5 Å². The molecule has 0 radical (unpaired) electrons. The Balaban J connectivity index is 2.25. The van der Waals surface area contributed by atoms with Crippen LogP contribution in [0.25, 0.3) is 0 Å². The summed E-state index contributed by atoms with van der Waals surface area (Å²) in [6.07, 6.45) is 0. The molecule has 0 aliphatic heterocycles. The molecule has 1 aromatic carbocycles. The van der Waals surface area contributed by atoms with Gasteiger partial charge in [-0.05, 0) is 41.1 Å². The number of nitrogens with one attached hydrogen (secondary N) is 1. The minimum absolute atomic E-state index is 0.156. The Kier molecular flexibility index (Phi) is 4.62. The van der Waals surface area contributed by atoms with Gasteiger partial charge in [-0.15, -0.1) is 0 Å². The van der Waals surface area contributed by atoms with Crippen molar-refractivity contribution in [2.45, 2.75) is 6.92 Å². The van der Waals surface area contributed by atoms with Gasteiger partial charge < -0.3 is 20.5 Å². The molecule has 0 saturated heterocycles. The second-order valence-electron chi connectivity index (χ2n) is 3.88. The lowest BCUT2D eigenvalue weighted by atomic mass is 10.3. The third kappa shape index (κ3) is 3.51. The van der Waals surface area contributed by atoms with Gasteiger partial charge in [0.15, 0.2) is 0 Å². The molecule has 0 bridgehead atoms. The number of benzene rings is 1. The molecule has 1 aromatic heterocycles. The first kappa shape index (κ1) is 14.4. The van der Waals surface area contributed by atoms with Crippen molar-refractivity contribution >= 4 is 27.7 Å². The van der Waals surface area contributed by atoms with Crippen molar-refractivity contribution in [3.8, 4) is 17.4 Å². The highest BCUT2D eigenvalue weighted by molar-refractivity contribution is 9.10. The van der Waals surface area contributed by atoms with E-state index in [0.29, 0.717) is 17.4 Å². The maximum absolute atomic E-state index is 5.70. The fourth-order valence-electron chi connectivity index (χ4n) is 1.57.